The van der Waals surface area contributed by atoms with Crippen LogP contribution in [-0.4, -0.2) is 47.5 Å². The molecule has 0 saturated heterocycles. The Morgan fingerprint density at radius 1 is 0.135 bits per heavy atom. The zero-order valence-electron chi connectivity index (χ0n) is 75.7. The Morgan fingerprint density at radius 2 is 0.390 bits per heavy atom. The fraction of sp³-hybridized carbons (Fsp3) is 0. The third-order valence-corrected chi connectivity index (χ3v) is 30.1. The van der Waals surface area contributed by atoms with Gasteiger partial charge in [-0.2, -0.15) is 0 Å². The predicted octanol–water partition coefficient (Wildman–Crippen LogP) is 25.8. The van der Waals surface area contributed by atoms with E-state index in [9.17, 15) is 0 Å². The second-order valence-electron chi connectivity index (χ2n) is 37.4. The zero-order chi connectivity index (χ0) is 91.9. The van der Waals surface area contributed by atoms with Crippen molar-refractivity contribution in [3.8, 4) is 103 Å². The molecule has 141 heavy (non-hydrogen) atoms. The molecule has 0 atom stereocenters. The van der Waals surface area contributed by atoms with Gasteiger partial charge in [0.2, 0.25) is 0 Å². The minimum Gasteiger partial charge on any atom is -0.458 e. The summed E-state index contributed by atoms with van der Waals surface area (Å²) in [6, 6.07) is 162. The molecule has 15 heteroatoms. The van der Waals surface area contributed by atoms with Gasteiger partial charge in [0.15, 0.2) is 0 Å². The standard InChI is InChI=1S/3C42H25BN2O2/c1-2-11-26(12-3-1)44-34-16-7-4-13-28(34)30-22-23-31-29-14-5-8-17-35(29)45(42(31)41(30)44)27-21-24-33-39(25-27)47-38-20-10-19-37-40(38)43(33)32-15-6-9-18-36(32)46-37;1-2-11-26(12-3-1)44-34-17-8-5-14-30(34)40-35(44)24-22-29-28-13-4-7-16-33(28)45(42(29)40)27-21-23-32-39(25-27)47-38-20-10-19-37-41(38)43(32)31-15-6-9-18-36(31)46-37;1-2-11-26(12-3-1)44-34-16-7-4-13-28(34)30-24-31-29-14-5-8-17-35(29)45(37(31)25-36(30)44)27-21-22-33-41(23-27)47-40-20-10-19-39-42(40)43(33)32-15-6-9-18-38(32)46-39/h3*1-25H. The van der Waals surface area contributed by atoms with Gasteiger partial charge in [-0.15, -0.1) is 0 Å². The molecule has 6 aromatic heterocycles. The molecule has 0 N–H and O–H groups in total. The van der Waals surface area contributed by atoms with Gasteiger partial charge in [0.1, 0.15) is 69.0 Å². The van der Waals surface area contributed by atoms with Gasteiger partial charge in [-0.05, 0) is 197 Å². The minimum atomic E-state index is 0.0365. The van der Waals surface area contributed by atoms with E-state index in [4.69, 9.17) is 28.4 Å². The maximum atomic E-state index is 6.73. The lowest BCUT2D eigenvalue weighted by Crippen LogP contribution is -2.57. The number of rotatable bonds is 6. The lowest BCUT2D eigenvalue weighted by molar-refractivity contribution is 0.464. The van der Waals surface area contributed by atoms with Gasteiger partial charge in [0.25, 0.3) is 20.1 Å². The van der Waals surface area contributed by atoms with Crippen LogP contribution in [-0.2, 0) is 0 Å². The Bertz CT molecular complexity index is 10000. The van der Waals surface area contributed by atoms with Gasteiger partial charge in [-0.1, -0.05) is 273 Å². The normalized spacial score (nSPS) is 13.0. The average Bonchev–Trinajstić information content (AvgIpc) is 1.58. The SMILES string of the molecule is c1ccc(-n2c3ccccc3c3c2ccc2c4ccccc4n(-c4ccc5c(c4)Oc4cccc6c4B5c4ccccc4O6)c23)cc1.c1ccc(-n2c3ccccc3c3cc4c5ccccc5n(-c5ccc6c(c5)Oc5cccc7c5B6c5ccccc5O7)c4cc32)cc1.c1ccc(-n2c3ccccc3c3ccc4c5ccccc5n(-c5ccc6c(c5)Oc5cccc7c5B6c5ccccc5O7)c4c32)cc1. The van der Waals surface area contributed by atoms with E-state index in [-0.39, 0.29) is 20.1 Å². The molecule has 0 bridgehead atoms. The number of nitrogens with zero attached hydrogens (tertiary/aromatic N) is 6. The van der Waals surface area contributed by atoms with Crippen molar-refractivity contribution < 1.29 is 28.4 Å². The van der Waals surface area contributed by atoms with Crippen molar-refractivity contribution in [3.05, 3.63) is 455 Å². The topological polar surface area (TPSA) is 85.0 Å². The number of benzene rings is 21. The van der Waals surface area contributed by atoms with Gasteiger partial charge in [-0.3, -0.25) is 0 Å². The smallest absolute Gasteiger partial charge is 0.260 e. The second kappa shape index (κ2) is 30.0. The maximum absolute atomic E-state index is 6.73. The van der Waals surface area contributed by atoms with Crippen molar-refractivity contribution in [1.29, 1.82) is 0 Å². The van der Waals surface area contributed by atoms with Crippen LogP contribution in [0.4, 0.5) is 0 Å². The lowest BCUT2D eigenvalue weighted by atomic mass is 9.35. The monoisotopic (exact) mass is 1800 g/mol. The van der Waals surface area contributed by atoms with E-state index in [2.05, 4.69) is 428 Å². The first-order chi connectivity index (χ1) is 70.0. The van der Waals surface area contributed by atoms with Crippen LogP contribution < -0.4 is 77.6 Å². The highest BCUT2D eigenvalue weighted by molar-refractivity contribution is 6.99. The minimum absolute atomic E-state index is 0.0365. The van der Waals surface area contributed by atoms with Crippen molar-refractivity contribution in [3.63, 3.8) is 0 Å². The van der Waals surface area contributed by atoms with E-state index in [0.717, 1.165) is 163 Å². The third kappa shape index (κ3) is 11.3. The van der Waals surface area contributed by atoms with Gasteiger partial charge >= 0.3 is 0 Å². The molecule has 27 aromatic rings. The fourth-order valence-corrected chi connectivity index (χ4v) is 24.3. The summed E-state index contributed by atoms with van der Waals surface area (Å²) in [4.78, 5) is 0. The summed E-state index contributed by atoms with van der Waals surface area (Å²) >= 11 is 0. The number of hydrogen-bond donors (Lipinski definition) is 0. The number of hydrogen-bond acceptors (Lipinski definition) is 6. The third-order valence-electron chi connectivity index (χ3n) is 30.1. The summed E-state index contributed by atoms with van der Waals surface area (Å²) in [5, 5.41) is 14.8. The quantitative estimate of drug-likeness (QED) is 0.154. The second-order valence-corrected chi connectivity index (χ2v) is 37.4. The van der Waals surface area contributed by atoms with Gasteiger partial charge in [0, 0.05) is 133 Å². The molecule has 33 rings (SSSR count). The molecule has 654 valence electrons. The van der Waals surface area contributed by atoms with Crippen LogP contribution in [0.3, 0.4) is 0 Å². The van der Waals surface area contributed by atoms with E-state index in [1.165, 1.54) is 120 Å². The van der Waals surface area contributed by atoms with Crippen LogP contribution in [0.5, 0.6) is 69.0 Å². The first kappa shape index (κ1) is 77.7. The summed E-state index contributed by atoms with van der Waals surface area (Å²) in [5.41, 5.74) is 31.0. The van der Waals surface area contributed by atoms with E-state index in [1.54, 1.807) is 0 Å². The molecule has 12 nitrogen and oxygen atoms in total. The number of fused-ring (bicyclic) bond motifs is 32. The zero-order valence-corrected chi connectivity index (χ0v) is 75.7. The molecule has 6 aliphatic heterocycles. The number of ether oxygens (including phenoxy) is 6. The number of para-hydroxylation sites is 12. The van der Waals surface area contributed by atoms with Crippen LogP contribution in [0.15, 0.2) is 455 Å². The molecular weight excluding hydrogens is 1730 g/mol. The molecule has 0 aliphatic carbocycles. The largest absolute Gasteiger partial charge is 0.458 e. The Morgan fingerprint density at radius 3 is 0.780 bits per heavy atom. The highest BCUT2D eigenvalue weighted by Gasteiger charge is 2.44. The fourth-order valence-electron chi connectivity index (χ4n) is 24.3. The molecular formula is C126H75B3N6O6. The van der Waals surface area contributed by atoms with E-state index in [0.29, 0.717) is 0 Å². The number of aromatic nitrogens is 6. The first-order valence-electron chi connectivity index (χ1n) is 48.2. The van der Waals surface area contributed by atoms with Crippen molar-refractivity contribution >= 4 is 200 Å². The van der Waals surface area contributed by atoms with Crippen molar-refractivity contribution in [2.45, 2.75) is 0 Å². The molecule has 0 fully saturated rings. The van der Waals surface area contributed by atoms with E-state index < -0.39 is 0 Å². The predicted molar refractivity (Wildman–Crippen MR) is 578 cm³/mol. The van der Waals surface area contributed by atoms with Gasteiger partial charge < -0.3 is 55.8 Å². The van der Waals surface area contributed by atoms with Gasteiger partial charge in [0.05, 0.1) is 66.2 Å². The lowest BCUT2D eigenvalue weighted by Gasteiger charge is -2.33. The van der Waals surface area contributed by atoms with Crippen molar-refractivity contribution in [1.82, 2.24) is 27.4 Å². The molecule has 12 heterocycles. The van der Waals surface area contributed by atoms with Crippen molar-refractivity contribution in [2.75, 3.05) is 0 Å². The molecule has 6 aliphatic rings. The van der Waals surface area contributed by atoms with E-state index in [1.807, 2.05) is 54.6 Å². The summed E-state index contributed by atoms with van der Waals surface area (Å²) in [7, 11) is 0. The van der Waals surface area contributed by atoms with Crippen molar-refractivity contribution in [2.24, 2.45) is 0 Å². The van der Waals surface area contributed by atoms with Crippen LogP contribution in [0, 0.1) is 0 Å². The highest BCUT2D eigenvalue weighted by atomic mass is 16.5. The Kier molecular flexibility index (Phi) is 16.5. The Hall–Kier alpha value is -18.6. The molecule has 0 radical (unpaired) electrons. The molecule has 0 amide bonds. The molecule has 0 spiro atoms. The highest BCUT2D eigenvalue weighted by Crippen LogP contribution is 2.49. The summed E-state index contributed by atoms with van der Waals surface area (Å²) < 4.78 is 53.6. The van der Waals surface area contributed by atoms with Crippen LogP contribution in [0.1, 0.15) is 0 Å². The Labute approximate surface area is 808 Å². The summed E-state index contributed by atoms with van der Waals surface area (Å²) in [6.45, 7) is 0.121. The van der Waals surface area contributed by atoms with Crippen LogP contribution in [0.25, 0.3) is 165 Å². The molecule has 0 unspecified atom stereocenters. The van der Waals surface area contributed by atoms with Crippen LogP contribution in [0.2, 0.25) is 0 Å². The molecule has 0 saturated carbocycles. The Balaban J connectivity index is 0.0000000972. The van der Waals surface area contributed by atoms with Gasteiger partial charge in [-0.25, -0.2) is 0 Å². The maximum Gasteiger partial charge on any atom is 0.260 e. The summed E-state index contributed by atoms with van der Waals surface area (Å²) in [6.07, 6.45) is 0. The summed E-state index contributed by atoms with van der Waals surface area (Å²) in [5.74, 6) is 10.5. The average molecular weight is 1800 g/mol. The van der Waals surface area contributed by atoms with Crippen LogP contribution >= 0.6 is 0 Å². The first-order valence-corrected chi connectivity index (χ1v) is 48.2. The molecule has 21 aromatic carbocycles. The van der Waals surface area contributed by atoms with E-state index >= 15 is 0 Å².